The highest BCUT2D eigenvalue weighted by molar-refractivity contribution is 5.95. The molecule has 24 heavy (non-hydrogen) atoms. The van der Waals surface area contributed by atoms with Gasteiger partial charge in [0, 0.05) is 23.7 Å². The Hall–Kier alpha value is -2.82. The zero-order valence-electron chi connectivity index (χ0n) is 13.5. The van der Waals surface area contributed by atoms with Crippen LogP contribution in [0.15, 0.2) is 48.5 Å². The molecule has 124 valence electrons. The molecule has 0 aliphatic heterocycles. The lowest BCUT2D eigenvalue weighted by molar-refractivity contribution is -0.117. The first-order valence-corrected chi connectivity index (χ1v) is 7.98. The number of ether oxygens (including phenoxy) is 1. The van der Waals surface area contributed by atoms with Crippen molar-refractivity contribution in [1.29, 1.82) is 0 Å². The highest BCUT2D eigenvalue weighted by Crippen LogP contribution is 2.30. The van der Waals surface area contributed by atoms with Crippen molar-refractivity contribution in [3.63, 3.8) is 0 Å². The molecule has 0 radical (unpaired) electrons. The van der Waals surface area contributed by atoms with Crippen LogP contribution >= 0.6 is 0 Å². The normalized spacial score (nSPS) is 13.2. The van der Waals surface area contributed by atoms with Crippen LogP contribution in [0.25, 0.3) is 0 Å². The third-order valence-electron chi connectivity index (χ3n) is 3.95. The van der Waals surface area contributed by atoms with Crippen LogP contribution in [-0.2, 0) is 11.3 Å². The molecule has 0 aromatic heterocycles. The second-order valence-corrected chi connectivity index (χ2v) is 5.88. The molecule has 0 spiro atoms. The number of carbonyl (C=O) groups is 2. The number of rotatable bonds is 6. The molecule has 2 amide bonds. The highest BCUT2D eigenvalue weighted by Gasteiger charge is 2.29. The Bertz CT molecular complexity index is 737. The summed E-state index contributed by atoms with van der Waals surface area (Å²) >= 11 is 0. The Morgan fingerprint density at radius 3 is 2.54 bits per heavy atom. The maximum Gasteiger partial charge on any atom is 0.251 e. The van der Waals surface area contributed by atoms with Gasteiger partial charge in [0.1, 0.15) is 5.75 Å². The van der Waals surface area contributed by atoms with Crippen LogP contribution in [-0.4, -0.2) is 18.9 Å². The molecule has 2 aromatic carbocycles. The van der Waals surface area contributed by atoms with Gasteiger partial charge in [-0.25, -0.2) is 0 Å². The van der Waals surface area contributed by atoms with E-state index in [9.17, 15) is 9.59 Å². The minimum atomic E-state index is -0.148. The summed E-state index contributed by atoms with van der Waals surface area (Å²) < 4.78 is 5.08. The lowest BCUT2D eigenvalue weighted by Crippen LogP contribution is -2.22. The minimum absolute atomic E-state index is 0.0782. The summed E-state index contributed by atoms with van der Waals surface area (Å²) in [4.78, 5) is 24.0. The average Bonchev–Trinajstić information content (AvgIpc) is 3.45. The van der Waals surface area contributed by atoms with E-state index in [0.29, 0.717) is 17.9 Å². The van der Waals surface area contributed by atoms with Gasteiger partial charge in [0.2, 0.25) is 5.91 Å². The Balaban J connectivity index is 1.57. The molecule has 5 nitrogen and oxygen atoms in total. The van der Waals surface area contributed by atoms with Crippen molar-refractivity contribution in [3.8, 4) is 5.75 Å². The van der Waals surface area contributed by atoms with Crippen molar-refractivity contribution < 1.29 is 14.3 Å². The van der Waals surface area contributed by atoms with Gasteiger partial charge in [-0.05, 0) is 54.8 Å². The van der Waals surface area contributed by atoms with Crippen molar-refractivity contribution in [1.82, 2.24) is 5.32 Å². The van der Waals surface area contributed by atoms with Crippen LogP contribution in [0.5, 0.6) is 5.75 Å². The quantitative estimate of drug-likeness (QED) is 0.858. The molecule has 0 bridgehead atoms. The topological polar surface area (TPSA) is 67.4 Å². The number of nitrogens with one attached hydrogen (secondary N) is 2. The van der Waals surface area contributed by atoms with Crippen LogP contribution < -0.4 is 15.4 Å². The molecule has 0 saturated heterocycles. The maximum atomic E-state index is 12.2. The van der Waals surface area contributed by atoms with Crippen LogP contribution in [0.4, 0.5) is 5.69 Å². The van der Waals surface area contributed by atoms with Gasteiger partial charge in [0.05, 0.1) is 7.11 Å². The number of methoxy groups -OCH3 is 1. The van der Waals surface area contributed by atoms with Gasteiger partial charge in [-0.2, -0.15) is 0 Å². The first-order chi connectivity index (χ1) is 11.7. The largest absolute Gasteiger partial charge is 0.497 e. The van der Waals surface area contributed by atoms with Gasteiger partial charge in [-0.3, -0.25) is 9.59 Å². The Morgan fingerprint density at radius 1 is 1.12 bits per heavy atom. The highest BCUT2D eigenvalue weighted by atomic mass is 16.5. The smallest absolute Gasteiger partial charge is 0.251 e. The van der Waals surface area contributed by atoms with Crippen molar-refractivity contribution in [2.75, 3.05) is 12.4 Å². The van der Waals surface area contributed by atoms with Crippen LogP contribution in [0.1, 0.15) is 28.8 Å². The number of carbonyl (C=O) groups excluding carboxylic acids is 2. The summed E-state index contributed by atoms with van der Waals surface area (Å²) in [7, 11) is 1.59. The van der Waals surface area contributed by atoms with Crippen molar-refractivity contribution in [3.05, 3.63) is 59.7 Å². The SMILES string of the molecule is COc1ccc(C(=O)NCc2cccc(NC(=O)C3CC3)c2)cc1. The lowest BCUT2D eigenvalue weighted by atomic mass is 10.1. The standard InChI is InChI=1S/C19H20N2O3/c1-24-17-9-7-14(8-10-17)18(22)20-12-13-3-2-4-16(11-13)21-19(23)15-5-6-15/h2-4,7-11,15H,5-6,12H2,1H3,(H,20,22)(H,21,23). The second kappa shape index (κ2) is 7.17. The molecule has 1 aliphatic carbocycles. The molecule has 1 aliphatic rings. The Labute approximate surface area is 141 Å². The molecule has 0 unspecified atom stereocenters. The first-order valence-electron chi connectivity index (χ1n) is 7.98. The summed E-state index contributed by atoms with van der Waals surface area (Å²) in [6, 6.07) is 14.5. The van der Waals surface area contributed by atoms with Gasteiger partial charge < -0.3 is 15.4 Å². The second-order valence-electron chi connectivity index (χ2n) is 5.88. The third-order valence-corrected chi connectivity index (χ3v) is 3.95. The molecule has 0 atom stereocenters. The summed E-state index contributed by atoms with van der Waals surface area (Å²) in [5.41, 5.74) is 2.28. The van der Waals surface area contributed by atoms with Crippen LogP contribution in [0.3, 0.4) is 0 Å². The van der Waals surface area contributed by atoms with Crippen LogP contribution in [0.2, 0.25) is 0 Å². The van der Waals surface area contributed by atoms with E-state index in [-0.39, 0.29) is 17.7 Å². The molecule has 3 rings (SSSR count). The number of benzene rings is 2. The van der Waals surface area contributed by atoms with E-state index in [4.69, 9.17) is 4.74 Å². The minimum Gasteiger partial charge on any atom is -0.497 e. The van der Waals surface area contributed by atoms with E-state index < -0.39 is 0 Å². The van der Waals surface area contributed by atoms with E-state index in [1.54, 1.807) is 31.4 Å². The molecule has 5 heteroatoms. The van der Waals surface area contributed by atoms with E-state index in [2.05, 4.69) is 10.6 Å². The molecular formula is C19H20N2O3. The monoisotopic (exact) mass is 324 g/mol. The van der Waals surface area contributed by atoms with Crippen molar-refractivity contribution in [2.45, 2.75) is 19.4 Å². The van der Waals surface area contributed by atoms with Gasteiger partial charge in [0.25, 0.3) is 5.91 Å². The molecular weight excluding hydrogens is 304 g/mol. The summed E-state index contributed by atoms with van der Waals surface area (Å²) in [5, 5.41) is 5.79. The first kappa shape index (κ1) is 16.1. The zero-order valence-corrected chi connectivity index (χ0v) is 13.5. The van der Waals surface area contributed by atoms with Crippen molar-refractivity contribution >= 4 is 17.5 Å². The van der Waals surface area contributed by atoms with E-state index in [1.165, 1.54) is 0 Å². The fraction of sp³-hybridized carbons (Fsp3) is 0.263. The molecule has 1 fully saturated rings. The lowest BCUT2D eigenvalue weighted by Gasteiger charge is -2.09. The fourth-order valence-corrected chi connectivity index (χ4v) is 2.38. The summed E-state index contributed by atoms with van der Waals surface area (Å²) in [6.45, 7) is 0.401. The van der Waals surface area contributed by atoms with Gasteiger partial charge in [-0.1, -0.05) is 12.1 Å². The predicted octanol–water partition coefficient (Wildman–Crippen LogP) is 2.97. The van der Waals surface area contributed by atoms with Crippen molar-refractivity contribution in [2.24, 2.45) is 5.92 Å². The number of anilines is 1. The van der Waals surface area contributed by atoms with E-state index in [0.717, 1.165) is 24.1 Å². The number of hydrogen-bond donors (Lipinski definition) is 2. The van der Waals surface area contributed by atoms with Gasteiger partial charge in [0.15, 0.2) is 0 Å². The fourth-order valence-electron chi connectivity index (χ4n) is 2.38. The predicted molar refractivity (Wildman–Crippen MR) is 92.0 cm³/mol. The molecule has 2 aromatic rings. The van der Waals surface area contributed by atoms with Gasteiger partial charge in [-0.15, -0.1) is 0 Å². The molecule has 1 saturated carbocycles. The summed E-state index contributed by atoms with van der Waals surface area (Å²) in [5.74, 6) is 0.813. The van der Waals surface area contributed by atoms with Crippen LogP contribution in [0, 0.1) is 5.92 Å². The third kappa shape index (κ3) is 4.13. The number of hydrogen-bond acceptors (Lipinski definition) is 3. The van der Waals surface area contributed by atoms with Gasteiger partial charge >= 0.3 is 0 Å². The zero-order chi connectivity index (χ0) is 16.9. The van der Waals surface area contributed by atoms with E-state index >= 15 is 0 Å². The summed E-state index contributed by atoms with van der Waals surface area (Å²) in [6.07, 6.45) is 1.95. The average molecular weight is 324 g/mol. The Morgan fingerprint density at radius 2 is 1.88 bits per heavy atom. The molecule has 0 heterocycles. The Kier molecular flexibility index (Phi) is 4.79. The number of amides is 2. The maximum absolute atomic E-state index is 12.2. The molecule has 2 N–H and O–H groups in total. The van der Waals surface area contributed by atoms with E-state index in [1.807, 2.05) is 24.3 Å².